The third-order valence-electron chi connectivity index (χ3n) is 6.07. The van der Waals surface area contributed by atoms with E-state index in [1.165, 1.54) is 7.11 Å². The molecule has 0 aliphatic carbocycles. The number of methoxy groups -OCH3 is 2. The van der Waals surface area contributed by atoms with Crippen molar-refractivity contribution in [1.82, 2.24) is 19.8 Å². The van der Waals surface area contributed by atoms with Gasteiger partial charge in [-0.2, -0.15) is 0 Å². The molecule has 2 atom stereocenters. The number of pyridine rings is 1. The number of rotatable bonds is 7. The van der Waals surface area contributed by atoms with E-state index in [2.05, 4.69) is 32.8 Å². The van der Waals surface area contributed by atoms with Crippen molar-refractivity contribution in [3.05, 3.63) is 82.9 Å². The molecule has 1 N–H and O–H groups in total. The molecule has 1 aliphatic heterocycles. The molecule has 0 amide bonds. The summed E-state index contributed by atoms with van der Waals surface area (Å²) in [5.74, 6) is -0.364. The van der Waals surface area contributed by atoms with Gasteiger partial charge in [-0.1, -0.05) is 18.2 Å². The Labute approximate surface area is 199 Å². The predicted molar refractivity (Wildman–Crippen MR) is 131 cm³/mol. The van der Waals surface area contributed by atoms with Gasteiger partial charge in [0.15, 0.2) is 5.11 Å². The van der Waals surface area contributed by atoms with Crippen molar-refractivity contribution in [1.29, 1.82) is 0 Å². The molecule has 7 nitrogen and oxygen atoms in total. The van der Waals surface area contributed by atoms with E-state index in [9.17, 15) is 4.79 Å². The van der Waals surface area contributed by atoms with Crippen LogP contribution in [0.25, 0.3) is 5.69 Å². The quantitative estimate of drug-likeness (QED) is 0.420. The Balaban J connectivity index is 1.85. The first-order chi connectivity index (χ1) is 16.0. The summed E-state index contributed by atoms with van der Waals surface area (Å²) in [4.78, 5) is 19.2. The second kappa shape index (κ2) is 9.72. The van der Waals surface area contributed by atoms with Crippen LogP contribution in [0.4, 0.5) is 0 Å². The van der Waals surface area contributed by atoms with Crippen LogP contribution in [-0.2, 0) is 9.47 Å². The lowest BCUT2D eigenvalue weighted by Crippen LogP contribution is -2.32. The standard InChI is InChI=1S/C25H28N4O3S/c1-16-15-19(17(2)29(16)21-11-6-5-9-18(21)24(30)32-4)23-22(20-10-7-8-12-26-20)27-25(33)28(23)13-14-31-3/h5-12,15,22-23H,13-14H2,1-4H3,(H,27,33)/t22-,23+/m0/s1. The largest absolute Gasteiger partial charge is 0.465 e. The Bertz CT molecular complexity index is 1160. The third-order valence-corrected chi connectivity index (χ3v) is 6.43. The molecule has 1 aliphatic rings. The first-order valence-electron chi connectivity index (χ1n) is 10.8. The summed E-state index contributed by atoms with van der Waals surface area (Å²) in [5, 5.41) is 4.14. The van der Waals surface area contributed by atoms with Gasteiger partial charge in [0.05, 0.1) is 42.7 Å². The third kappa shape index (κ3) is 4.24. The number of aromatic nitrogens is 2. The first kappa shape index (κ1) is 22.9. The van der Waals surface area contributed by atoms with Gasteiger partial charge in [0.25, 0.3) is 0 Å². The number of nitrogens with one attached hydrogen (secondary N) is 1. The zero-order valence-electron chi connectivity index (χ0n) is 19.2. The smallest absolute Gasteiger partial charge is 0.339 e. The Kier molecular flexibility index (Phi) is 6.76. The molecule has 0 bridgehead atoms. The molecule has 0 saturated carbocycles. The lowest BCUT2D eigenvalue weighted by molar-refractivity contribution is 0.0600. The molecule has 1 fully saturated rings. The number of aryl methyl sites for hydroxylation is 1. The molecule has 3 heterocycles. The number of hydrogen-bond acceptors (Lipinski definition) is 5. The Morgan fingerprint density at radius 2 is 1.91 bits per heavy atom. The molecule has 4 rings (SSSR count). The lowest BCUT2D eigenvalue weighted by Gasteiger charge is -2.28. The Hall–Kier alpha value is -3.23. The van der Waals surface area contributed by atoms with E-state index in [0.717, 1.165) is 28.3 Å². The van der Waals surface area contributed by atoms with Crippen LogP contribution in [0, 0.1) is 13.8 Å². The summed E-state index contributed by atoms with van der Waals surface area (Å²) in [5.41, 5.74) is 5.39. The summed E-state index contributed by atoms with van der Waals surface area (Å²) >= 11 is 5.72. The van der Waals surface area contributed by atoms with Gasteiger partial charge in [0.1, 0.15) is 0 Å². The maximum absolute atomic E-state index is 12.5. The van der Waals surface area contributed by atoms with Gasteiger partial charge in [0.2, 0.25) is 0 Å². The van der Waals surface area contributed by atoms with Crippen molar-refractivity contribution in [2.75, 3.05) is 27.4 Å². The predicted octanol–water partition coefficient (Wildman–Crippen LogP) is 3.89. The van der Waals surface area contributed by atoms with E-state index in [4.69, 9.17) is 21.7 Å². The average molecular weight is 465 g/mol. The number of ether oxygens (including phenoxy) is 2. The van der Waals surface area contributed by atoms with Gasteiger partial charge in [-0.3, -0.25) is 4.98 Å². The van der Waals surface area contributed by atoms with Gasteiger partial charge in [-0.25, -0.2) is 4.79 Å². The van der Waals surface area contributed by atoms with Crippen LogP contribution in [0.15, 0.2) is 54.7 Å². The number of hydrogen-bond donors (Lipinski definition) is 1. The van der Waals surface area contributed by atoms with E-state index in [-0.39, 0.29) is 18.1 Å². The van der Waals surface area contributed by atoms with Gasteiger partial charge in [0, 0.05) is 31.2 Å². The maximum Gasteiger partial charge on any atom is 0.339 e. The first-order valence-corrected chi connectivity index (χ1v) is 11.2. The minimum atomic E-state index is -0.364. The van der Waals surface area contributed by atoms with Crippen LogP contribution in [-0.4, -0.2) is 52.9 Å². The van der Waals surface area contributed by atoms with Gasteiger partial charge >= 0.3 is 5.97 Å². The van der Waals surface area contributed by atoms with Crippen LogP contribution in [0.2, 0.25) is 0 Å². The topological polar surface area (TPSA) is 68.6 Å². The summed E-state index contributed by atoms with van der Waals surface area (Å²) in [7, 11) is 3.09. The Morgan fingerprint density at radius 1 is 1.15 bits per heavy atom. The molecule has 2 aromatic heterocycles. The summed E-state index contributed by atoms with van der Waals surface area (Å²) in [6.07, 6.45) is 1.80. The van der Waals surface area contributed by atoms with Crippen molar-refractivity contribution in [3.63, 3.8) is 0 Å². The van der Waals surface area contributed by atoms with Crippen molar-refractivity contribution in [2.45, 2.75) is 25.9 Å². The lowest BCUT2D eigenvalue weighted by atomic mass is 9.97. The number of carbonyl (C=O) groups excluding carboxylic acids is 1. The summed E-state index contributed by atoms with van der Waals surface area (Å²) in [6.45, 7) is 5.32. The van der Waals surface area contributed by atoms with Crippen molar-refractivity contribution < 1.29 is 14.3 Å². The van der Waals surface area contributed by atoms with Crippen molar-refractivity contribution in [3.8, 4) is 5.69 Å². The van der Waals surface area contributed by atoms with E-state index in [1.807, 2.05) is 43.3 Å². The number of nitrogens with zero attached hydrogens (tertiary/aromatic N) is 3. The second-order valence-corrected chi connectivity index (χ2v) is 8.37. The maximum atomic E-state index is 12.5. The molecule has 33 heavy (non-hydrogen) atoms. The number of para-hydroxylation sites is 1. The van der Waals surface area contributed by atoms with Gasteiger partial charge in [-0.05, 0) is 62.0 Å². The zero-order valence-corrected chi connectivity index (χ0v) is 20.1. The highest BCUT2D eigenvalue weighted by Crippen LogP contribution is 2.41. The number of benzene rings is 1. The van der Waals surface area contributed by atoms with E-state index >= 15 is 0 Å². The van der Waals surface area contributed by atoms with Crippen LogP contribution >= 0.6 is 12.2 Å². The minimum Gasteiger partial charge on any atom is -0.465 e. The fourth-order valence-corrected chi connectivity index (χ4v) is 4.92. The molecule has 8 heteroatoms. The summed E-state index contributed by atoms with van der Waals surface area (Å²) < 4.78 is 12.5. The molecule has 1 aromatic carbocycles. The fourth-order valence-electron chi connectivity index (χ4n) is 4.58. The van der Waals surface area contributed by atoms with Crippen LogP contribution in [0.5, 0.6) is 0 Å². The molecular formula is C25H28N4O3S. The zero-order chi connectivity index (χ0) is 23.5. The highest BCUT2D eigenvalue weighted by molar-refractivity contribution is 7.80. The van der Waals surface area contributed by atoms with Gasteiger partial charge < -0.3 is 24.3 Å². The molecule has 3 aromatic rings. The van der Waals surface area contributed by atoms with Crippen LogP contribution in [0.1, 0.15) is 45.1 Å². The van der Waals surface area contributed by atoms with E-state index in [1.54, 1.807) is 19.4 Å². The van der Waals surface area contributed by atoms with E-state index in [0.29, 0.717) is 23.8 Å². The van der Waals surface area contributed by atoms with Crippen molar-refractivity contribution in [2.24, 2.45) is 0 Å². The molecule has 0 unspecified atom stereocenters. The molecule has 172 valence electrons. The second-order valence-electron chi connectivity index (χ2n) is 7.98. The van der Waals surface area contributed by atoms with Gasteiger partial charge in [-0.15, -0.1) is 0 Å². The monoisotopic (exact) mass is 464 g/mol. The highest BCUT2D eigenvalue weighted by atomic mass is 32.1. The normalized spacial score (nSPS) is 17.8. The number of thiocarbonyl (C=S) groups is 1. The SMILES string of the molecule is COCCN1C(=S)N[C@@H](c2ccccn2)[C@H]1c1cc(C)n(-c2ccccc2C(=O)OC)c1C. The number of carbonyl (C=O) groups is 1. The fraction of sp³-hybridized carbons (Fsp3) is 0.320. The minimum absolute atomic E-state index is 0.0761. The molecule has 1 saturated heterocycles. The van der Waals surface area contributed by atoms with E-state index < -0.39 is 0 Å². The average Bonchev–Trinajstić information content (AvgIpc) is 3.32. The number of esters is 1. The Morgan fingerprint density at radius 3 is 2.61 bits per heavy atom. The van der Waals surface area contributed by atoms with Crippen LogP contribution < -0.4 is 5.32 Å². The molecule has 0 radical (unpaired) electrons. The molecule has 0 spiro atoms. The summed E-state index contributed by atoms with van der Waals surface area (Å²) in [6, 6.07) is 15.4. The van der Waals surface area contributed by atoms with Crippen LogP contribution in [0.3, 0.4) is 0 Å². The van der Waals surface area contributed by atoms with Crippen molar-refractivity contribution >= 4 is 23.3 Å². The molecular weight excluding hydrogens is 436 g/mol. The highest BCUT2D eigenvalue weighted by Gasteiger charge is 2.41.